The Morgan fingerprint density at radius 1 is 1.33 bits per heavy atom. The van der Waals surface area contributed by atoms with Crippen LogP contribution in [0, 0.1) is 5.92 Å². The number of hydrogen-bond acceptors (Lipinski definition) is 2. The molecule has 0 aliphatic rings. The molecule has 98 valence electrons. The standard InChI is InChI=1S/C13H16BrNO3/c1-3-8(2)11(13(17)18)15-12(16)9-4-6-10(14)7-5-9/h4-8,11H,3H2,1-2H3,(H,15,16)(H,17,18)/t8-,11-/m0/s1. The number of hydrogen-bond donors (Lipinski definition) is 2. The summed E-state index contributed by atoms with van der Waals surface area (Å²) in [5.41, 5.74) is 0.452. The molecule has 0 fully saturated rings. The molecule has 2 N–H and O–H groups in total. The van der Waals surface area contributed by atoms with Crippen molar-refractivity contribution in [1.82, 2.24) is 5.32 Å². The molecule has 0 aromatic heterocycles. The number of halogens is 1. The highest BCUT2D eigenvalue weighted by Crippen LogP contribution is 2.12. The van der Waals surface area contributed by atoms with Gasteiger partial charge in [0.1, 0.15) is 6.04 Å². The predicted octanol–water partition coefficient (Wildman–Crippen LogP) is 2.68. The summed E-state index contributed by atoms with van der Waals surface area (Å²) < 4.78 is 0.871. The first-order valence-electron chi connectivity index (χ1n) is 5.75. The van der Waals surface area contributed by atoms with E-state index in [4.69, 9.17) is 5.11 Å². The van der Waals surface area contributed by atoms with Crippen LogP contribution < -0.4 is 5.32 Å². The molecule has 1 rings (SSSR count). The minimum atomic E-state index is -1.00. The zero-order valence-corrected chi connectivity index (χ0v) is 11.9. The van der Waals surface area contributed by atoms with Crippen molar-refractivity contribution < 1.29 is 14.7 Å². The summed E-state index contributed by atoms with van der Waals surface area (Å²) in [4.78, 5) is 23.0. The number of amides is 1. The van der Waals surface area contributed by atoms with E-state index in [2.05, 4.69) is 21.2 Å². The Kier molecular flexibility index (Phi) is 5.34. The number of aliphatic carboxylic acids is 1. The molecule has 18 heavy (non-hydrogen) atoms. The molecular weight excluding hydrogens is 298 g/mol. The van der Waals surface area contributed by atoms with E-state index in [1.807, 2.05) is 6.92 Å². The average molecular weight is 314 g/mol. The normalized spacial score (nSPS) is 13.7. The monoisotopic (exact) mass is 313 g/mol. The summed E-state index contributed by atoms with van der Waals surface area (Å²) in [6.07, 6.45) is 0.692. The fraction of sp³-hybridized carbons (Fsp3) is 0.385. The van der Waals surface area contributed by atoms with Crippen LogP contribution in [0.5, 0.6) is 0 Å². The molecule has 0 bridgehead atoms. The number of carboxylic acids is 1. The third-order valence-corrected chi connectivity index (χ3v) is 3.40. The Morgan fingerprint density at radius 3 is 2.33 bits per heavy atom. The Labute approximate surface area is 115 Å². The molecule has 0 radical (unpaired) electrons. The van der Waals surface area contributed by atoms with Crippen LogP contribution in [0.25, 0.3) is 0 Å². The Hall–Kier alpha value is -1.36. The molecule has 1 aromatic rings. The topological polar surface area (TPSA) is 66.4 Å². The van der Waals surface area contributed by atoms with E-state index in [0.29, 0.717) is 12.0 Å². The van der Waals surface area contributed by atoms with E-state index in [1.165, 1.54) is 0 Å². The molecule has 0 saturated carbocycles. The molecule has 0 saturated heterocycles. The highest BCUT2D eigenvalue weighted by Gasteiger charge is 2.25. The maximum atomic E-state index is 11.9. The Morgan fingerprint density at radius 2 is 1.89 bits per heavy atom. The number of carboxylic acid groups (broad SMARTS) is 1. The van der Waals surface area contributed by atoms with Crippen molar-refractivity contribution in [2.24, 2.45) is 5.92 Å². The summed E-state index contributed by atoms with van der Waals surface area (Å²) >= 11 is 3.28. The first-order valence-corrected chi connectivity index (χ1v) is 6.54. The van der Waals surface area contributed by atoms with Gasteiger partial charge in [-0.25, -0.2) is 4.79 Å². The molecule has 0 spiro atoms. The molecule has 5 heteroatoms. The average Bonchev–Trinajstić information content (AvgIpc) is 2.35. The van der Waals surface area contributed by atoms with Crippen LogP contribution in [0.15, 0.2) is 28.7 Å². The maximum absolute atomic E-state index is 11.9. The molecule has 0 unspecified atom stereocenters. The fourth-order valence-electron chi connectivity index (χ4n) is 1.51. The van der Waals surface area contributed by atoms with E-state index in [-0.39, 0.29) is 11.8 Å². The van der Waals surface area contributed by atoms with Crippen LogP contribution in [0.2, 0.25) is 0 Å². The van der Waals surface area contributed by atoms with Gasteiger partial charge in [-0.2, -0.15) is 0 Å². The van der Waals surface area contributed by atoms with Crippen molar-refractivity contribution in [3.05, 3.63) is 34.3 Å². The van der Waals surface area contributed by atoms with Crippen LogP contribution in [-0.2, 0) is 4.79 Å². The lowest BCUT2D eigenvalue weighted by atomic mass is 9.99. The Bertz CT molecular complexity index is 430. The van der Waals surface area contributed by atoms with Gasteiger partial charge in [-0.15, -0.1) is 0 Å². The second-order valence-electron chi connectivity index (χ2n) is 4.18. The number of nitrogens with one attached hydrogen (secondary N) is 1. The van der Waals surface area contributed by atoms with Gasteiger partial charge >= 0.3 is 5.97 Å². The van der Waals surface area contributed by atoms with Gasteiger partial charge in [-0.3, -0.25) is 4.79 Å². The van der Waals surface area contributed by atoms with Crippen molar-refractivity contribution in [3.63, 3.8) is 0 Å². The lowest BCUT2D eigenvalue weighted by molar-refractivity contribution is -0.140. The zero-order chi connectivity index (χ0) is 13.7. The quantitative estimate of drug-likeness (QED) is 0.878. The van der Waals surface area contributed by atoms with Gasteiger partial charge < -0.3 is 10.4 Å². The SMILES string of the molecule is CC[C@H](C)[C@H](NC(=O)c1ccc(Br)cc1)C(=O)O. The third kappa shape index (κ3) is 3.84. The highest BCUT2D eigenvalue weighted by atomic mass is 79.9. The van der Waals surface area contributed by atoms with E-state index >= 15 is 0 Å². The predicted molar refractivity (Wildman–Crippen MR) is 72.5 cm³/mol. The van der Waals surface area contributed by atoms with Gasteiger partial charge in [0.05, 0.1) is 0 Å². The van der Waals surface area contributed by atoms with Crippen LogP contribution in [-0.4, -0.2) is 23.0 Å². The van der Waals surface area contributed by atoms with Gasteiger partial charge in [0, 0.05) is 10.0 Å². The number of rotatable bonds is 5. The molecule has 1 aromatic carbocycles. The van der Waals surface area contributed by atoms with Gasteiger partial charge in [-0.05, 0) is 30.2 Å². The minimum Gasteiger partial charge on any atom is -0.480 e. The fourth-order valence-corrected chi connectivity index (χ4v) is 1.77. The Balaban J connectivity index is 2.78. The van der Waals surface area contributed by atoms with Gasteiger partial charge in [0.15, 0.2) is 0 Å². The third-order valence-electron chi connectivity index (χ3n) is 2.87. The summed E-state index contributed by atoms with van der Waals surface area (Å²) in [6, 6.07) is 5.93. The van der Waals surface area contributed by atoms with Crippen LogP contribution in [0.3, 0.4) is 0 Å². The molecule has 0 aliphatic carbocycles. The van der Waals surface area contributed by atoms with Crippen molar-refractivity contribution in [2.45, 2.75) is 26.3 Å². The summed E-state index contributed by atoms with van der Waals surface area (Å²) in [5.74, 6) is -1.48. The van der Waals surface area contributed by atoms with Crippen molar-refractivity contribution in [2.75, 3.05) is 0 Å². The van der Waals surface area contributed by atoms with E-state index in [1.54, 1.807) is 31.2 Å². The summed E-state index contributed by atoms with van der Waals surface area (Å²) in [5, 5.41) is 11.6. The van der Waals surface area contributed by atoms with Gasteiger partial charge in [0.2, 0.25) is 0 Å². The van der Waals surface area contributed by atoms with E-state index in [9.17, 15) is 9.59 Å². The number of benzene rings is 1. The second kappa shape index (κ2) is 6.54. The first kappa shape index (κ1) is 14.7. The lowest BCUT2D eigenvalue weighted by Crippen LogP contribution is -2.45. The molecule has 1 amide bonds. The lowest BCUT2D eigenvalue weighted by Gasteiger charge is -2.20. The van der Waals surface area contributed by atoms with Gasteiger partial charge in [-0.1, -0.05) is 36.2 Å². The smallest absolute Gasteiger partial charge is 0.326 e. The zero-order valence-electron chi connectivity index (χ0n) is 10.3. The molecule has 0 heterocycles. The molecule has 4 nitrogen and oxygen atoms in total. The minimum absolute atomic E-state index is 0.109. The van der Waals surface area contributed by atoms with E-state index in [0.717, 1.165) is 4.47 Å². The highest BCUT2D eigenvalue weighted by molar-refractivity contribution is 9.10. The van der Waals surface area contributed by atoms with Gasteiger partial charge in [0.25, 0.3) is 5.91 Å². The van der Waals surface area contributed by atoms with Crippen molar-refractivity contribution >= 4 is 27.8 Å². The van der Waals surface area contributed by atoms with Crippen LogP contribution >= 0.6 is 15.9 Å². The first-order chi connectivity index (χ1) is 8.45. The number of carbonyl (C=O) groups excluding carboxylic acids is 1. The summed E-state index contributed by atoms with van der Waals surface area (Å²) in [6.45, 7) is 3.70. The number of carbonyl (C=O) groups is 2. The van der Waals surface area contributed by atoms with Crippen LogP contribution in [0.1, 0.15) is 30.6 Å². The molecular formula is C13H16BrNO3. The maximum Gasteiger partial charge on any atom is 0.326 e. The largest absolute Gasteiger partial charge is 0.480 e. The van der Waals surface area contributed by atoms with Crippen molar-refractivity contribution in [1.29, 1.82) is 0 Å². The summed E-state index contributed by atoms with van der Waals surface area (Å²) in [7, 11) is 0. The van der Waals surface area contributed by atoms with Crippen LogP contribution in [0.4, 0.5) is 0 Å². The molecule has 0 aliphatic heterocycles. The molecule has 2 atom stereocenters. The van der Waals surface area contributed by atoms with Crippen molar-refractivity contribution in [3.8, 4) is 0 Å². The second-order valence-corrected chi connectivity index (χ2v) is 5.10. The van der Waals surface area contributed by atoms with E-state index < -0.39 is 12.0 Å².